The molecule has 0 radical (unpaired) electrons. The molecule has 1 saturated heterocycles. The maximum absolute atomic E-state index is 12.7. The van der Waals surface area contributed by atoms with E-state index >= 15 is 0 Å². The molecule has 2 aromatic rings. The van der Waals surface area contributed by atoms with Crippen LogP contribution in [0.3, 0.4) is 0 Å². The van der Waals surface area contributed by atoms with Crippen LogP contribution in [0, 0.1) is 0 Å². The first-order valence-corrected chi connectivity index (χ1v) is 8.95. The highest BCUT2D eigenvalue weighted by atomic mass is 19.4. The predicted octanol–water partition coefficient (Wildman–Crippen LogP) is 1.95. The van der Waals surface area contributed by atoms with E-state index in [0.717, 1.165) is 26.2 Å². The molecule has 3 rings (SSSR count). The van der Waals surface area contributed by atoms with E-state index in [0.29, 0.717) is 18.8 Å². The molecule has 2 N–H and O–H groups in total. The number of hydrogen-bond donors (Lipinski definition) is 2. The summed E-state index contributed by atoms with van der Waals surface area (Å²) in [5.74, 6) is -0.810. The number of amides is 1. The molecule has 0 spiro atoms. The number of carbonyl (C=O) groups excluding carboxylic acids is 1. The van der Waals surface area contributed by atoms with E-state index < -0.39 is 28.8 Å². The Balaban J connectivity index is 1.48. The number of para-hydroxylation sites is 1. The van der Waals surface area contributed by atoms with Crippen LogP contribution in [-0.2, 0) is 6.18 Å². The Bertz CT molecular complexity index is 859. The number of hydrogen-bond acceptors (Lipinski definition) is 4. The molecule has 28 heavy (non-hydrogen) atoms. The fourth-order valence-corrected chi connectivity index (χ4v) is 3.11. The number of H-pyrrole nitrogens is 1. The highest BCUT2D eigenvalue weighted by Crippen LogP contribution is 2.28. The SMILES string of the molecule is O=C(NCCN1CCN(c2ccccc2)CC1)c1cc(C(F)(F)F)c[nH]c1=O. The molecule has 0 aliphatic carbocycles. The van der Waals surface area contributed by atoms with Crippen molar-refractivity contribution in [1.29, 1.82) is 0 Å². The lowest BCUT2D eigenvalue weighted by molar-refractivity contribution is -0.137. The van der Waals surface area contributed by atoms with E-state index in [2.05, 4.69) is 27.2 Å². The summed E-state index contributed by atoms with van der Waals surface area (Å²) in [5, 5.41) is 2.53. The number of alkyl halides is 3. The number of piperazine rings is 1. The van der Waals surface area contributed by atoms with Crippen molar-refractivity contribution >= 4 is 11.6 Å². The third kappa shape index (κ3) is 4.92. The first-order chi connectivity index (χ1) is 13.3. The van der Waals surface area contributed by atoms with Crippen molar-refractivity contribution in [2.24, 2.45) is 0 Å². The first-order valence-electron chi connectivity index (χ1n) is 8.95. The minimum Gasteiger partial charge on any atom is -0.369 e. The van der Waals surface area contributed by atoms with E-state index in [1.807, 2.05) is 23.2 Å². The fourth-order valence-electron chi connectivity index (χ4n) is 3.11. The lowest BCUT2D eigenvalue weighted by Gasteiger charge is -2.36. The third-order valence-corrected chi connectivity index (χ3v) is 4.68. The number of nitrogens with one attached hydrogen (secondary N) is 2. The third-order valence-electron chi connectivity index (χ3n) is 4.68. The maximum atomic E-state index is 12.7. The van der Waals surface area contributed by atoms with E-state index in [1.54, 1.807) is 0 Å². The maximum Gasteiger partial charge on any atom is 0.417 e. The van der Waals surface area contributed by atoms with Crippen LogP contribution in [0.15, 0.2) is 47.4 Å². The van der Waals surface area contributed by atoms with Crippen LogP contribution in [0.5, 0.6) is 0 Å². The predicted molar refractivity (Wildman–Crippen MR) is 99.5 cm³/mol. The number of aromatic amines is 1. The molecule has 150 valence electrons. The summed E-state index contributed by atoms with van der Waals surface area (Å²) < 4.78 is 38.2. The Hall–Kier alpha value is -2.81. The normalized spacial score (nSPS) is 15.5. The van der Waals surface area contributed by atoms with Gasteiger partial charge in [0.1, 0.15) is 5.56 Å². The molecule has 0 unspecified atom stereocenters. The number of halogens is 3. The largest absolute Gasteiger partial charge is 0.417 e. The second-order valence-electron chi connectivity index (χ2n) is 6.55. The molecule has 1 aromatic heterocycles. The zero-order valence-electron chi connectivity index (χ0n) is 15.1. The molecule has 9 heteroatoms. The van der Waals surface area contributed by atoms with Crippen LogP contribution in [0.1, 0.15) is 15.9 Å². The monoisotopic (exact) mass is 394 g/mol. The summed E-state index contributed by atoms with van der Waals surface area (Å²) in [6, 6.07) is 10.6. The second-order valence-corrected chi connectivity index (χ2v) is 6.55. The van der Waals surface area contributed by atoms with Gasteiger partial charge in [0.25, 0.3) is 11.5 Å². The number of pyridine rings is 1. The smallest absolute Gasteiger partial charge is 0.369 e. The summed E-state index contributed by atoms with van der Waals surface area (Å²) in [6.07, 6.45) is -4.07. The van der Waals surface area contributed by atoms with Crippen LogP contribution in [0.4, 0.5) is 18.9 Å². The van der Waals surface area contributed by atoms with E-state index in [9.17, 15) is 22.8 Å². The van der Waals surface area contributed by atoms with E-state index in [4.69, 9.17) is 0 Å². The van der Waals surface area contributed by atoms with Gasteiger partial charge >= 0.3 is 6.18 Å². The Kier molecular flexibility index (Phi) is 6.03. The topological polar surface area (TPSA) is 68.4 Å². The van der Waals surface area contributed by atoms with Crippen molar-refractivity contribution in [3.05, 3.63) is 64.1 Å². The summed E-state index contributed by atoms with van der Waals surface area (Å²) in [7, 11) is 0. The van der Waals surface area contributed by atoms with Gasteiger partial charge in [0.05, 0.1) is 5.56 Å². The van der Waals surface area contributed by atoms with Gasteiger partial charge in [-0.05, 0) is 18.2 Å². The van der Waals surface area contributed by atoms with Crippen LogP contribution in [-0.4, -0.2) is 55.1 Å². The molecule has 1 amide bonds. The molecule has 1 fully saturated rings. The summed E-state index contributed by atoms with van der Waals surface area (Å²) in [4.78, 5) is 30.2. The molecular weight excluding hydrogens is 373 g/mol. The molecule has 0 bridgehead atoms. The van der Waals surface area contributed by atoms with Crippen molar-refractivity contribution in [3.8, 4) is 0 Å². The number of benzene rings is 1. The standard InChI is InChI=1S/C19H21F3N4O2/c20-19(21,22)14-12-16(18(28)24-13-14)17(27)23-6-7-25-8-10-26(11-9-25)15-4-2-1-3-5-15/h1-5,12-13H,6-11H2,(H,23,27)(H,24,28). The number of aromatic nitrogens is 1. The van der Waals surface area contributed by atoms with Crippen LogP contribution in [0.25, 0.3) is 0 Å². The number of carbonyl (C=O) groups is 1. The van der Waals surface area contributed by atoms with Crippen molar-refractivity contribution in [2.45, 2.75) is 6.18 Å². The molecule has 1 aromatic carbocycles. The van der Waals surface area contributed by atoms with E-state index in [1.165, 1.54) is 5.69 Å². The Labute approximate surface area is 160 Å². The van der Waals surface area contributed by atoms with Crippen molar-refractivity contribution in [1.82, 2.24) is 15.2 Å². The fraction of sp³-hybridized carbons (Fsp3) is 0.368. The van der Waals surface area contributed by atoms with Gasteiger partial charge in [-0.3, -0.25) is 14.5 Å². The zero-order valence-corrected chi connectivity index (χ0v) is 15.1. The molecule has 0 atom stereocenters. The van der Waals surface area contributed by atoms with Gasteiger partial charge in [0, 0.05) is 51.2 Å². The highest BCUT2D eigenvalue weighted by Gasteiger charge is 2.32. The minimum absolute atomic E-state index is 0.250. The number of anilines is 1. The van der Waals surface area contributed by atoms with Gasteiger partial charge in [0.15, 0.2) is 0 Å². The lowest BCUT2D eigenvalue weighted by atomic mass is 10.2. The van der Waals surface area contributed by atoms with Gasteiger partial charge in [-0.15, -0.1) is 0 Å². The summed E-state index contributed by atoms with van der Waals surface area (Å²) in [6.45, 7) is 4.14. The second kappa shape index (κ2) is 8.47. The molecule has 0 saturated carbocycles. The van der Waals surface area contributed by atoms with Gasteiger partial charge in [-0.25, -0.2) is 0 Å². The van der Waals surface area contributed by atoms with Gasteiger partial charge < -0.3 is 15.2 Å². The lowest BCUT2D eigenvalue weighted by Crippen LogP contribution is -2.48. The Morgan fingerprint density at radius 1 is 1.11 bits per heavy atom. The van der Waals surface area contributed by atoms with E-state index in [-0.39, 0.29) is 6.54 Å². The Morgan fingerprint density at radius 3 is 2.43 bits per heavy atom. The quantitative estimate of drug-likeness (QED) is 0.814. The van der Waals surface area contributed by atoms with Gasteiger partial charge in [-0.2, -0.15) is 13.2 Å². The average Bonchev–Trinajstić information content (AvgIpc) is 2.68. The first kappa shape index (κ1) is 19.9. The number of rotatable bonds is 5. The summed E-state index contributed by atoms with van der Waals surface area (Å²) in [5.41, 5.74) is -1.28. The molecule has 2 heterocycles. The van der Waals surface area contributed by atoms with Crippen molar-refractivity contribution < 1.29 is 18.0 Å². The number of nitrogens with zero attached hydrogens (tertiary/aromatic N) is 2. The van der Waals surface area contributed by atoms with Gasteiger partial charge in [-0.1, -0.05) is 18.2 Å². The van der Waals surface area contributed by atoms with Crippen molar-refractivity contribution in [3.63, 3.8) is 0 Å². The highest BCUT2D eigenvalue weighted by molar-refractivity contribution is 5.93. The van der Waals surface area contributed by atoms with Crippen molar-refractivity contribution in [2.75, 3.05) is 44.2 Å². The average molecular weight is 394 g/mol. The molecule has 1 aliphatic heterocycles. The van der Waals surface area contributed by atoms with Gasteiger partial charge in [0.2, 0.25) is 0 Å². The van der Waals surface area contributed by atoms with Crippen LogP contribution < -0.4 is 15.8 Å². The minimum atomic E-state index is -4.63. The summed E-state index contributed by atoms with van der Waals surface area (Å²) >= 11 is 0. The molecule has 1 aliphatic rings. The zero-order chi connectivity index (χ0) is 20.1. The Morgan fingerprint density at radius 2 is 1.79 bits per heavy atom. The molecule has 6 nitrogen and oxygen atoms in total. The van der Waals surface area contributed by atoms with Crippen LogP contribution >= 0.6 is 0 Å². The molecular formula is C19H21F3N4O2. The van der Waals surface area contributed by atoms with Crippen LogP contribution in [0.2, 0.25) is 0 Å².